The Hall–Kier alpha value is -0.570. The maximum absolute atomic E-state index is 10.7. The van der Waals surface area contributed by atoms with E-state index in [-0.39, 0.29) is 5.92 Å². The summed E-state index contributed by atoms with van der Waals surface area (Å²) < 4.78 is 0. The number of hydrogen-bond acceptors (Lipinski definition) is 2. The predicted molar refractivity (Wildman–Crippen MR) is 47.1 cm³/mol. The molecule has 2 atom stereocenters. The Kier molecular flexibility index (Phi) is 3.09. The van der Waals surface area contributed by atoms with Crippen molar-refractivity contribution in [3.8, 4) is 0 Å². The van der Waals surface area contributed by atoms with Crippen LogP contribution in [0.3, 0.4) is 0 Å². The average Bonchev–Trinajstić information content (AvgIpc) is 2.05. The minimum absolute atomic E-state index is 0.138. The Labute approximate surface area is 73.4 Å². The van der Waals surface area contributed by atoms with Gasteiger partial charge in [0.15, 0.2) is 0 Å². The highest BCUT2D eigenvalue weighted by Gasteiger charge is 2.28. The summed E-state index contributed by atoms with van der Waals surface area (Å²) in [6, 6.07) is 0.561. The number of nitrogens with zero attached hydrogens (tertiary/aromatic N) is 1. The van der Waals surface area contributed by atoms with Gasteiger partial charge in [0.1, 0.15) is 0 Å². The van der Waals surface area contributed by atoms with E-state index >= 15 is 0 Å². The molecule has 1 aliphatic heterocycles. The van der Waals surface area contributed by atoms with Gasteiger partial charge in [-0.1, -0.05) is 6.92 Å². The average molecular weight is 171 g/mol. The second-order valence-electron chi connectivity index (χ2n) is 3.55. The van der Waals surface area contributed by atoms with Gasteiger partial charge >= 0.3 is 5.97 Å². The van der Waals surface area contributed by atoms with Crippen LogP contribution in [-0.4, -0.2) is 35.1 Å². The molecule has 1 fully saturated rings. The van der Waals surface area contributed by atoms with E-state index in [4.69, 9.17) is 5.11 Å². The predicted octanol–water partition coefficient (Wildman–Crippen LogP) is 1.19. The number of likely N-dealkylation sites (tertiary alicyclic amines) is 1. The number of carboxylic acids is 1. The number of aliphatic carboxylic acids is 1. The summed E-state index contributed by atoms with van der Waals surface area (Å²) in [5, 5.41) is 8.81. The summed E-state index contributed by atoms with van der Waals surface area (Å²) in [6.45, 7) is 5.94. The van der Waals surface area contributed by atoms with Crippen LogP contribution < -0.4 is 0 Å². The standard InChI is InChI=1S/C9H17NO2/c1-3-10-6-8(9(11)12)5-4-7(10)2/h7-8H,3-6H2,1-2H3,(H,11,12). The molecule has 0 aliphatic carbocycles. The highest BCUT2D eigenvalue weighted by molar-refractivity contribution is 5.70. The molecule has 0 spiro atoms. The zero-order valence-electron chi connectivity index (χ0n) is 7.79. The second kappa shape index (κ2) is 3.90. The van der Waals surface area contributed by atoms with Crippen molar-refractivity contribution in [2.45, 2.75) is 32.7 Å². The zero-order valence-corrected chi connectivity index (χ0v) is 7.79. The summed E-state index contributed by atoms with van der Waals surface area (Å²) in [5.41, 5.74) is 0. The van der Waals surface area contributed by atoms with Crippen molar-refractivity contribution in [3.63, 3.8) is 0 Å². The van der Waals surface area contributed by atoms with Crippen molar-refractivity contribution >= 4 is 5.97 Å². The summed E-state index contributed by atoms with van der Waals surface area (Å²) >= 11 is 0. The Bertz CT molecular complexity index is 170. The molecule has 0 saturated carbocycles. The van der Waals surface area contributed by atoms with E-state index in [9.17, 15) is 4.79 Å². The molecule has 1 N–H and O–H groups in total. The highest BCUT2D eigenvalue weighted by Crippen LogP contribution is 2.21. The van der Waals surface area contributed by atoms with Crippen molar-refractivity contribution in [3.05, 3.63) is 0 Å². The molecule has 0 amide bonds. The third-order valence-corrected chi connectivity index (χ3v) is 2.77. The third kappa shape index (κ3) is 1.97. The third-order valence-electron chi connectivity index (χ3n) is 2.77. The number of carbonyl (C=O) groups is 1. The first-order chi connectivity index (χ1) is 5.65. The zero-order chi connectivity index (χ0) is 9.14. The molecule has 0 aromatic heterocycles. The fraction of sp³-hybridized carbons (Fsp3) is 0.889. The molecule has 0 aromatic rings. The van der Waals surface area contributed by atoms with Gasteiger partial charge in [-0.3, -0.25) is 4.79 Å². The summed E-state index contributed by atoms with van der Waals surface area (Å²) in [6.07, 6.45) is 1.86. The SMILES string of the molecule is CCN1CC(C(=O)O)CCC1C. The number of rotatable bonds is 2. The largest absolute Gasteiger partial charge is 0.481 e. The smallest absolute Gasteiger partial charge is 0.307 e. The molecular formula is C9H17NO2. The maximum Gasteiger partial charge on any atom is 0.307 e. The minimum atomic E-state index is -0.639. The van der Waals surface area contributed by atoms with E-state index in [0.717, 1.165) is 25.9 Å². The first-order valence-electron chi connectivity index (χ1n) is 4.62. The lowest BCUT2D eigenvalue weighted by atomic mass is 9.94. The lowest BCUT2D eigenvalue weighted by Gasteiger charge is -2.35. The van der Waals surface area contributed by atoms with Crippen molar-refractivity contribution in [1.82, 2.24) is 4.90 Å². The van der Waals surface area contributed by atoms with Gasteiger partial charge in [-0.25, -0.2) is 0 Å². The maximum atomic E-state index is 10.7. The van der Waals surface area contributed by atoms with Crippen LogP contribution in [0.5, 0.6) is 0 Å². The van der Waals surface area contributed by atoms with E-state index in [1.807, 2.05) is 0 Å². The normalized spacial score (nSPS) is 31.8. The Morgan fingerprint density at radius 2 is 2.25 bits per heavy atom. The molecule has 0 radical (unpaired) electrons. The fourth-order valence-electron chi connectivity index (χ4n) is 1.82. The molecule has 0 bridgehead atoms. The molecule has 3 heteroatoms. The number of piperidine rings is 1. The molecule has 70 valence electrons. The summed E-state index contributed by atoms with van der Waals surface area (Å²) in [4.78, 5) is 12.9. The van der Waals surface area contributed by atoms with Crippen LogP contribution in [0.1, 0.15) is 26.7 Å². The van der Waals surface area contributed by atoms with E-state index in [1.54, 1.807) is 0 Å². The lowest BCUT2D eigenvalue weighted by Crippen LogP contribution is -2.43. The van der Waals surface area contributed by atoms with Gasteiger partial charge in [-0.05, 0) is 26.3 Å². The van der Waals surface area contributed by atoms with Crippen LogP contribution in [0.2, 0.25) is 0 Å². The molecule has 1 aliphatic rings. The topological polar surface area (TPSA) is 40.5 Å². The van der Waals surface area contributed by atoms with Gasteiger partial charge in [0.2, 0.25) is 0 Å². The van der Waals surface area contributed by atoms with Gasteiger partial charge in [-0.2, -0.15) is 0 Å². The Morgan fingerprint density at radius 3 is 2.75 bits per heavy atom. The number of hydrogen-bond donors (Lipinski definition) is 1. The molecule has 1 saturated heterocycles. The molecular weight excluding hydrogens is 154 g/mol. The minimum Gasteiger partial charge on any atom is -0.481 e. The Morgan fingerprint density at radius 1 is 1.58 bits per heavy atom. The van der Waals surface area contributed by atoms with Crippen molar-refractivity contribution < 1.29 is 9.90 Å². The van der Waals surface area contributed by atoms with E-state index in [0.29, 0.717) is 6.04 Å². The van der Waals surface area contributed by atoms with Gasteiger partial charge in [0.25, 0.3) is 0 Å². The molecule has 0 aromatic carbocycles. The van der Waals surface area contributed by atoms with Crippen molar-refractivity contribution in [1.29, 1.82) is 0 Å². The van der Waals surface area contributed by atoms with Crippen molar-refractivity contribution in [2.75, 3.05) is 13.1 Å². The van der Waals surface area contributed by atoms with Gasteiger partial charge in [0.05, 0.1) is 5.92 Å². The first-order valence-corrected chi connectivity index (χ1v) is 4.62. The Balaban J connectivity index is 2.49. The van der Waals surface area contributed by atoms with Crippen LogP contribution in [0.25, 0.3) is 0 Å². The van der Waals surface area contributed by atoms with E-state index in [1.165, 1.54) is 0 Å². The van der Waals surface area contributed by atoms with Crippen molar-refractivity contribution in [2.24, 2.45) is 5.92 Å². The van der Waals surface area contributed by atoms with E-state index < -0.39 is 5.97 Å². The molecule has 1 heterocycles. The fourth-order valence-corrected chi connectivity index (χ4v) is 1.82. The van der Waals surface area contributed by atoms with Gasteiger partial charge in [-0.15, -0.1) is 0 Å². The molecule has 12 heavy (non-hydrogen) atoms. The van der Waals surface area contributed by atoms with Crippen LogP contribution in [-0.2, 0) is 4.79 Å². The second-order valence-corrected chi connectivity index (χ2v) is 3.55. The monoisotopic (exact) mass is 171 g/mol. The molecule has 3 nitrogen and oxygen atoms in total. The number of carboxylic acid groups (broad SMARTS) is 1. The van der Waals surface area contributed by atoms with Gasteiger partial charge in [0, 0.05) is 12.6 Å². The van der Waals surface area contributed by atoms with Crippen LogP contribution in [0, 0.1) is 5.92 Å². The molecule has 1 rings (SSSR count). The highest BCUT2D eigenvalue weighted by atomic mass is 16.4. The molecule has 2 unspecified atom stereocenters. The van der Waals surface area contributed by atoms with Crippen LogP contribution >= 0.6 is 0 Å². The van der Waals surface area contributed by atoms with E-state index in [2.05, 4.69) is 18.7 Å². The lowest BCUT2D eigenvalue weighted by molar-refractivity contribution is -0.144. The van der Waals surface area contributed by atoms with Gasteiger partial charge < -0.3 is 10.0 Å². The van der Waals surface area contributed by atoms with Crippen LogP contribution in [0.4, 0.5) is 0 Å². The quantitative estimate of drug-likeness (QED) is 0.678. The van der Waals surface area contributed by atoms with Crippen LogP contribution in [0.15, 0.2) is 0 Å². The summed E-state index contributed by atoms with van der Waals surface area (Å²) in [5.74, 6) is -0.776. The summed E-state index contributed by atoms with van der Waals surface area (Å²) in [7, 11) is 0. The first kappa shape index (κ1) is 9.52.